The van der Waals surface area contributed by atoms with Gasteiger partial charge in [0.25, 0.3) is 0 Å². The van der Waals surface area contributed by atoms with E-state index in [2.05, 4.69) is 157 Å². The maximum Gasteiger partial charge on any atom is 0.143 e. The number of furan rings is 2. The summed E-state index contributed by atoms with van der Waals surface area (Å²) in [7, 11) is 0. The molecular weight excluding hydrogens is 574 g/mol. The SMILES string of the molecule is c1cc(-c2ccc3c(c2)oc2ccccc23)cc(N(c2cccc3ccccc23)c2cccc3oc4c5ccccc5ccc4c23)c1. The monoisotopic (exact) mass is 601 g/mol. The van der Waals surface area contributed by atoms with E-state index in [-0.39, 0.29) is 0 Å². The zero-order chi connectivity index (χ0) is 30.9. The Morgan fingerprint density at radius 2 is 1.00 bits per heavy atom. The first-order valence-corrected chi connectivity index (χ1v) is 15.9. The first-order valence-electron chi connectivity index (χ1n) is 15.9. The van der Waals surface area contributed by atoms with Crippen LogP contribution in [0.1, 0.15) is 0 Å². The van der Waals surface area contributed by atoms with Crippen LogP contribution in [0.3, 0.4) is 0 Å². The maximum atomic E-state index is 6.64. The number of hydrogen-bond donors (Lipinski definition) is 0. The lowest BCUT2D eigenvalue weighted by atomic mass is 10.0. The zero-order valence-electron chi connectivity index (χ0n) is 25.4. The number of fused-ring (bicyclic) bond motifs is 9. The minimum Gasteiger partial charge on any atom is -0.456 e. The third kappa shape index (κ3) is 4.00. The molecule has 3 nitrogen and oxygen atoms in total. The van der Waals surface area contributed by atoms with Crippen molar-refractivity contribution in [3.8, 4) is 11.1 Å². The molecule has 10 aromatic rings. The molecule has 0 radical (unpaired) electrons. The van der Waals surface area contributed by atoms with Gasteiger partial charge in [-0.2, -0.15) is 0 Å². The van der Waals surface area contributed by atoms with Crippen molar-refractivity contribution in [1.29, 1.82) is 0 Å². The predicted molar refractivity (Wildman–Crippen MR) is 196 cm³/mol. The molecule has 0 aliphatic carbocycles. The average molecular weight is 602 g/mol. The van der Waals surface area contributed by atoms with Crippen LogP contribution in [-0.4, -0.2) is 0 Å². The van der Waals surface area contributed by atoms with Crippen LogP contribution < -0.4 is 4.90 Å². The normalized spacial score (nSPS) is 11.8. The highest BCUT2D eigenvalue weighted by atomic mass is 16.3. The summed E-state index contributed by atoms with van der Waals surface area (Å²) < 4.78 is 12.9. The standard InChI is InChI=1S/C44H27NO2/c1-3-15-33-28(10-1)12-8-18-38(33)45(39-19-9-21-41-43(39)37-25-22-29-11-2-4-16-34(29)44(37)47-41)32-14-7-13-30(26-32)31-23-24-36-35-17-5-6-20-40(35)46-42(36)27-31/h1-27H. The molecule has 47 heavy (non-hydrogen) atoms. The Morgan fingerprint density at radius 3 is 1.91 bits per heavy atom. The summed E-state index contributed by atoms with van der Waals surface area (Å²) in [6.07, 6.45) is 0. The van der Waals surface area contributed by atoms with Gasteiger partial charge in [-0.25, -0.2) is 0 Å². The molecule has 0 amide bonds. The summed E-state index contributed by atoms with van der Waals surface area (Å²) in [5.74, 6) is 0. The highest BCUT2D eigenvalue weighted by molar-refractivity contribution is 6.20. The topological polar surface area (TPSA) is 29.5 Å². The van der Waals surface area contributed by atoms with Gasteiger partial charge in [0.15, 0.2) is 0 Å². The maximum absolute atomic E-state index is 6.64. The van der Waals surface area contributed by atoms with Crippen molar-refractivity contribution in [2.75, 3.05) is 4.90 Å². The number of nitrogens with zero attached hydrogens (tertiary/aromatic N) is 1. The second kappa shape index (κ2) is 10.1. The van der Waals surface area contributed by atoms with E-state index in [1.807, 2.05) is 12.1 Å². The molecule has 10 rings (SSSR count). The molecule has 0 spiro atoms. The van der Waals surface area contributed by atoms with Crippen LogP contribution in [0.15, 0.2) is 173 Å². The van der Waals surface area contributed by atoms with Gasteiger partial charge in [-0.05, 0) is 76.5 Å². The van der Waals surface area contributed by atoms with Gasteiger partial charge < -0.3 is 13.7 Å². The number of rotatable bonds is 4. The van der Waals surface area contributed by atoms with E-state index in [9.17, 15) is 0 Å². The fraction of sp³-hybridized carbons (Fsp3) is 0. The zero-order valence-corrected chi connectivity index (χ0v) is 25.4. The van der Waals surface area contributed by atoms with Gasteiger partial charge in [-0.3, -0.25) is 0 Å². The lowest BCUT2D eigenvalue weighted by molar-refractivity contribution is 0.669. The lowest BCUT2D eigenvalue weighted by Gasteiger charge is -2.28. The van der Waals surface area contributed by atoms with E-state index in [4.69, 9.17) is 8.83 Å². The van der Waals surface area contributed by atoms with Gasteiger partial charge in [0.05, 0.1) is 16.8 Å². The van der Waals surface area contributed by atoms with Crippen LogP contribution >= 0.6 is 0 Å². The average Bonchev–Trinajstić information content (AvgIpc) is 3.71. The number of anilines is 3. The van der Waals surface area contributed by atoms with Crippen molar-refractivity contribution < 1.29 is 8.83 Å². The Bertz CT molecular complexity index is 2820. The third-order valence-electron chi connectivity index (χ3n) is 9.43. The quantitative estimate of drug-likeness (QED) is 0.201. The van der Waals surface area contributed by atoms with E-state index < -0.39 is 0 Å². The Balaban J connectivity index is 1.23. The summed E-state index contributed by atoms with van der Waals surface area (Å²) in [6.45, 7) is 0. The van der Waals surface area contributed by atoms with Crippen molar-refractivity contribution in [3.63, 3.8) is 0 Å². The van der Waals surface area contributed by atoms with E-state index in [1.54, 1.807) is 0 Å². The summed E-state index contributed by atoms with van der Waals surface area (Å²) in [6, 6.07) is 57.9. The van der Waals surface area contributed by atoms with Gasteiger partial charge >= 0.3 is 0 Å². The summed E-state index contributed by atoms with van der Waals surface area (Å²) in [5.41, 5.74) is 9.03. The van der Waals surface area contributed by atoms with Crippen molar-refractivity contribution in [1.82, 2.24) is 0 Å². The van der Waals surface area contributed by atoms with E-state index in [0.717, 1.165) is 77.5 Å². The van der Waals surface area contributed by atoms with Crippen LogP contribution in [0.2, 0.25) is 0 Å². The van der Waals surface area contributed by atoms with Crippen LogP contribution in [-0.2, 0) is 0 Å². The van der Waals surface area contributed by atoms with E-state index >= 15 is 0 Å². The van der Waals surface area contributed by atoms with E-state index in [0.29, 0.717) is 0 Å². The molecule has 0 bridgehead atoms. The van der Waals surface area contributed by atoms with Gasteiger partial charge in [0.2, 0.25) is 0 Å². The summed E-state index contributed by atoms with van der Waals surface area (Å²) >= 11 is 0. The summed E-state index contributed by atoms with van der Waals surface area (Å²) in [4.78, 5) is 2.39. The predicted octanol–water partition coefficient (Wildman–Crippen LogP) is 12.9. The molecule has 2 heterocycles. The molecule has 0 atom stereocenters. The van der Waals surface area contributed by atoms with Crippen LogP contribution in [0.5, 0.6) is 0 Å². The Hall–Kier alpha value is -6.32. The van der Waals surface area contributed by atoms with Crippen LogP contribution in [0.25, 0.3) is 76.5 Å². The fourth-order valence-electron chi connectivity index (χ4n) is 7.26. The molecule has 0 aliphatic rings. The first-order chi connectivity index (χ1) is 23.3. The minimum atomic E-state index is 0.866. The highest BCUT2D eigenvalue weighted by Crippen LogP contribution is 2.46. The number of hydrogen-bond acceptors (Lipinski definition) is 3. The molecule has 0 fully saturated rings. The van der Waals surface area contributed by atoms with E-state index in [1.165, 1.54) is 16.2 Å². The third-order valence-corrected chi connectivity index (χ3v) is 9.43. The first kappa shape index (κ1) is 26.0. The Labute approximate surface area is 270 Å². The number of benzene rings is 8. The van der Waals surface area contributed by atoms with Crippen molar-refractivity contribution in [2.45, 2.75) is 0 Å². The molecule has 0 saturated carbocycles. The summed E-state index contributed by atoms with van der Waals surface area (Å²) in [5, 5.41) is 9.12. The van der Waals surface area contributed by atoms with Crippen molar-refractivity contribution in [2.24, 2.45) is 0 Å². The Kier molecular flexibility index (Phi) is 5.57. The molecule has 0 N–H and O–H groups in total. The Morgan fingerprint density at radius 1 is 0.362 bits per heavy atom. The molecule has 0 aliphatic heterocycles. The molecular formula is C44H27NO2. The second-order valence-electron chi connectivity index (χ2n) is 12.1. The minimum absolute atomic E-state index is 0.866. The van der Waals surface area contributed by atoms with Gasteiger partial charge in [0.1, 0.15) is 22.3 Å². The van der Waals surface area contributed by atoms with Crippen molar-refractivity contribution >= 4 is 82.5 Å². The lowest BCUT2D eigenvalue weighted by Crippen LogP contribution is -2.11. The molecule has 8 aromatic carbocycles. The second-order valence-corrected chi connectivity index (χ2v) is 12.1. The van der Waals surface area contributed by atoms with Gasteiger partial charge in [-0.15, -0.1) is 0 Å². The molecule has 220 valence electrons. The van der Waals surface area contributed by atoms with Gasteiger partial charge in [0, 0.05) is 32.6 Å². The fourth-order valence-corrected chi connectivity index (χ4v) is 7.26. The smallest absolute Gasteiger partial charge is 0.143 e. The molecule has 2 aromatic heterocycles. The molecule has 3 heteroatoms. The van der Waals surface area contributed by atoms with Crippen molar-refractivity contribution in [3.05, 3.63) is 164 Å². The molecule has 0 saturated heterocycles. The number of para-hydroxylation sites is 1. The van der Waals surface area contributed by atoms with Crippen LogP contribution in [0, 0.1) is 0 Å². The van der Waals surface area contributed by atoms with Gasteiger partial charge in [-0.1, -0.05) is 109 Å². The largest absolute Gasteiger partial charge is 0.456 e. The van der Waals surface area contributed by atoms with Crippen LogP contribution in [0.4, 0.5) is 17.1 Å². The molecule has 0 unspecified atom stereocenters. The highest BCUT2D eigenvalue weighted by Gasteiger charge is 2.22.